The number of aromatic nitrogens is 5. The summed E-state index contributed by atoms with van der Waals surface area (Å²) in [6, 6.07) is 8.16. The van der Waals surface area contributed by atoms with Gasteiger partial charge in [0.25, 0.3) is 0 Å². The molecule has 1 atom stereocenters. The van der Waals surface area contributed by atoms with E-state index in [0.29, 0.717) is 6.42 Å². The van der Waals surface area contributed by atoms with Gasteiger partial charge in [-0.15, -0.1) is 0 Å². The second-order valence-electron chi connectivity index (χ2n) is 10.4. The van der Waals surface area contributed by atoms with Crippen LogP contribution in [0.1, 0.15) is 36.9 Å². The molecule has 0 radical (unpaired) electrons. The van der Waals surface area contributed by atoms with Crippen LogP contribution in [0.4, 0.5) is 22.0 Å². The van der Waals surface area contributed by atoms with Gasteiger partial charge >= 0.3 is 41.7 Å². The fourth-order valence-corrected chi connectivity index (χ4v) is 4.98. The molecular weight excluding hydrogens is 704 g/mol. The van der Waals surface area contributed by atoms with Gasteiger partial charge in [0.2, 0.25) is 10.4 Å². The standard InChI is InChI=1S/C31H26F5N5O7S.Na/c1-2-11-46-19-8-9-20(22(14-19)31(34,35)36)24-10-7-18(15-37-24)28(30(42)47-12-4-13-48-49(43,44)45)41-17-26-25(16-38-41)39-29(40-26)21-5-3-6-23(32)27(21)33;/h3,5-10,14-17,28H,2,4,11-13H2,1H3,(H,43,44,45);/q;+1/p-1. The molecule has 0 fully saturated rings. The van der Waals surface area contributed by atoms with Crippen molar-refractivity contribution in [3.63, 3.8) is 0 Å². The van der Waals surface area contributed by atoms with Crippen LogP contribution in [0.25, 0.3) is 34.0 Å². The third kappa shape index (κ3) is 9.37. The maximum Gasteiger partial charge on any atom is 1.00 e. The van der Waals surface area contributed by atoms with E-state index in [1.807, 2.05) is 6.92 Å². The average molecular weight is 730 g/mol. The molecule has 0 bridgehead atoms. The number of carbonyl (C=O) groups excluding carboxylic acids is 1. The van der Waals surface area contributed by atoms with E-state index in [4.69, 9.17) is 9.47 Å². The topological polar surface area (TPSA) is 158 Å². The van der Waals surface area contributed by atoms with E-state index < -0.39 is 52.4 Å². The second-order valence-corrected chi connectivity index (χ2v) is 11.4. The Hall–Kier alpha value is -4.07. The third-order valence-corrected chi connectivity index (χ3v) is 7.33. The van der Waals surface area contributed by atoms with Crippen molar-refractivity contribution in [3.8, 4) is 39.8 Å². The van der Waals surface area contributed by atoms with Crippen molar-refractivity contribution in [3.05, 3.63) is 89.9 Å². The Balaban J connectivity index is 0.00000562. The Bertz CT molecular complexity index is 2030. The van der Waals surface area contributed by atoms with Gasteiger partial charge < -0.3 is 14.0 Å². The summed E-state index contributed by atoms with van der Waals surface area (Å²) >= 11 is 0. The van der Waals surface area contributed by atoms with Crippen molar-refractivity contribution in [1.82, 2.24) is 24.7 Å². The molecule has 1 aromatic heterocycles. The van der Waals surface area contributed by atoms with Crippen molar-refractivity contribution in [2.75, 3.05) is 19.8 Å². The van der Waals surface area contributed by atoms with Crippen molar-refractivity contribution in [2.24, 2.45) is 0 Å². The predicted molar refractivity (Wildman–Crippen MR) is 160 cm³/mol. The van der Waals surface area contributed by atoms with Gasteiger partial charge in [0, 0.05) is 23.7 Å². The summed E-state index contributed by atoms with van der Waals surface area (Å²) in [7, 11) is -4.96. The molecule has 0 aliphatic carbocycles. The molecule has 0 amide bonds. The number of fused-ring (bicyclic) bond motifs is 1. The molecule has 19 heteroatoms. The SMILES string of the molecule is CCCOc1ccc(-c2ccc(C(C(=O)OCCCOS(=O)(=O)[O-])n3cc4nc(-c5cccc(F)c5F)nc-4cn3)cn2)c(C(F)(F)F)c1.[Na+]. The molecule has 5 rings (SSSR count). The smallest absolute Gasteiger partial charge is 0.726 e. The number of nitrogens with zero attached hydrogens (tertiary/aromatic N) is 5. The first-order valence-electron chi connectivity index (χ1n) is 14.5. The molecule has 2 aliphatic rings. The molecule has 2 aromatic carbocycles. The number of halogens is 5. The van der Waals surface area contributed by atoms with Gasteiger partial charge in [0.15, 0.2) is 23.5 Å². The van der Waals surface area contributed by atoms with E-state index in [0.717, 1.165) is 23.0 Å². The Labute approximate surface area is 304 Å². The minimum absolute atomic E-state index is 0. The van der Waals surface area contributed by atoms with Gasteiger partial charge in [0.05, 0.1) is 49.0 Å². The number of esters is 1. The number of imidazole rings is 1. The molecule has 0 saturated heterocycles. The first-order chi connectivity index (χ1) is 23.2. The molecule has 1 unspecified atom stereocenters. The van der Waals surface area contributed by atoms with Crippen LogP contribution in [0.15, 0.2) is 67.1 Å². The van der Waals surface area contributed by atoms with Crippen LogP contribution in [0.2, 0.25) is 0 Å². The molecule has 3 aromatic rings. The molecule has 50 heavy (non-hydrogen) atoms. The fourth-order valence-electron chi connectivity index (χ4n) is 4.66. The van der Waals surface area contributed by atoms with Gasteiger partial charge in [-0.05, 0) is 42.8 Å². The molecule has 3 heterocycles. The van der Waals surface area contributed by atoms with E-state index in [9.17, 15) is 39.7 Å². The monoisotopic (exact) mass is 729 g/mol. The first kappa shape index (κ1) is 38.7. The Morgan fingerprint density at radius 3 is 2.40 bits per heavy atom. The fraction of sp³-hybridized carbons (Fsp3) is 0.258. The molecule has 0 saturated carbocycles. The normalized spacial score (nSPS) is 12.4. The van der Waals surface area contributed by atoms with Gasteiger partial charge in [0.1, 0.15) is 17.1 Å². The van der Waals surface area contributed by atoms with Crippen LogP contribution in [0.5, 0.6) is 5.75 Å². The molecule has 2 aliphatic heterocycles. The zero-order chi connectivity index (χ0) is 35.3. The Morgan fingerprint density at radius 2 is 1.72 bits per heavy atom. The zero-order valence-electron chi connectivity index (χ0n) is 26.4. The zero-order valence-corrected chi connectivity index (χ0v) is 29.2. The number of benzene rings is 2. The number of ether oxygens (including phenoxy) is 2. The summed E-state index contributed by atoms with van der Waals surface area (Å²) in [6.45, 7) is 1.08. The van der Waals surface area contributed by atoms with Crippen molar-refractivity contribution < 1.29 is 82.9 Å². The minimum atomic E-state index is -4.96. The summed E-state index contributed by atoms with van der Waals surface area (Å²) < 4.78 is 118. The van der Waals surface area contributed by atoms with Crippen LogP contribution < -0.4 is 34.3 Å². The van der Waals surface area contributed by atoms with Crippen LogP contribution in [0, 0.1) is 11.6 Å². The Morgan fingerprint density at radius 1 is 0.960 bits per heavy atom. The average Bonchev–Trinajstić information content (AvgIpc) is 3.48. The summed E-state index contributed by atoms with van der Waals surface area (Å²) in [5.74, 6) is -3.36. The van der Waals surface area contributed by atoms with E-state index >= 15 is 0 Å². The predicted octanol–water partition coefficient (Wildman–Crippen LogP) is 2.60. The van der Waals surface area contributed by atoms with E-state index in [1.165, 1.54) is 48.8 Å². The first-order valence-corrected chi connectivity index (χ1v) is 15.8. The number of hydrogen-bond donors (Lipinski definition) is 0. The van der Waals surface area contributed by atoms with Crippen LogP contribution in [-0.2, 0) is 30.3 Å². The molecule has 258 valence electrons. The second kappa shape index (κ2) is 16.3. The molecule has 0 spiro atoms. The summed E-state index contributed by atoms with van der Waals surface area (Å²) in [4.78, 5) is 26.0. The number of rotatable bonds is 13. The summed E-state index contributed by atoms with van der Waals surface area (Å²) in [5, 5.41) is 4.20. The van der Waals surface area contributed by atoms with Crippen LogP contribution >= 0.6 is 0 Å². The summed E-state index contributed by atoms with van der Waals surface area (Å²) in [6.07, 6.45) is -0.701. The number of alkyl halides is 3. The Kier molecular flexibility index (Phi) is 12.6. The minimum Gasteiger partial charge on any atom is -0.726 e. The van der Waals surface area contributed by atoms with Gasteiger partial charge in [-0.25, -0.2) is 32.0 Å². The van der Waals surface area contributed by atoms with E-state index in [1.54, 1.807) is 0 Å². The molecule has 0 N–H and O–H groups in total. The van der Waals surface area contributed by atoms with Crippen molar-refractivity contribution in [2.45, 2.75) is 32.0 Å². The van der Waals surface area contributed by atoms with E-state index in [2.05, 4.69) is 24.2 Å². The number of hydrogen-bond acceptors (Lipinski definition) is 11. The largest absolute Gasteiger partial charge is 1.00 e. The number of carbonyl (C=O) groups is 1. The van der Waals surface area contributed by atoms with Crippen molar-refractivity contribution >= 4 is 16.4 Å². The molecular formula is C31H25F5N5NaO7S. The van der Waals surface area contributed by atoms with Gasteiger partial charge in [-0.1, -0.05) is 19.1 Å². The maximum atomic E-state index is 14.4. The number of pyridine rings is 1. The summed E-state index contributed by atoms with van der Waals surface area (Å²) in [5.41, 5.74) is -1.13. The molecule has 12 nitrogen and oxygen atoms in total. The van der Waals surface area contributed by atoms with Gasteiger partial charge in [-0.2, -0.15) is 18.3 Å². The van der Waals surface area contributed by atoms with E-state index in [-0.39, 0.29) is 94.5 Å². The van der Waals surface area contributed by atoms with Crippen molar-refractivity contribution in [1.29, 1.82) is 0 Å². The maximum absolute atomic E-state index is 14.4. The van der Waals surface area contributed by atoms with Crippen LogP contribution in [0.3, 0.4) is 0 Å². The third-order valence-electron chi connectivity index (χ3n) is 6.87. The van der Waals surface area contributed by atoms with Gasteiger partial charge in [-0.3, -0.25) is 13.8 Å². The van der Waals surface area contributed by atoms with Crippen LogP contribution in [-0.4, -0.2) is 63.5 Å². The quantitative estimate of drug-likeness (QED) is 0.0438.